The molecular formula is C23H28F2N2O2. The molecule has 0 aromatic heterocycles. The summed E-state index contributed by atoms with van der Waals surface area (Å²) in [6.07, 6.45) is 0.968. The van der Waals surface area contributed by atoms with Crippen molar-refractivity contribution in [3.05, 3.63) is 70.8 Å². The fourth-order valence-electron chi connectivity index (χ4n) is 3.62. The van der Waals surface area contributed by atoms with E-state index in [2.05, 4.69) is 10.2 Å². The van der Waals surface area contributed by atoms with Crippen molar-refractivity contribution in [2.75, 3.05) is 13.2 Å². The van der Waals surface area contributed by atoms with Crippen LogP contribution in [0.3, 0.4) is 0 Å². The largest absolute Gasteiger partial charge is 0.448 e. The molecule has 6 heteroatoms. The van der Waals surface area contributed by atoms with Crippen LogP contribution in [0.25, 0.3) is 0 Å². The van der Waals surface area contributed by atoms with Crippen molar-refractivity contribution >= 4 is 6.09 Å². The lowest BCUT2D eigenvalue weighted by Gasteiger charge is -2.37. The minimum Gasteiger partial charge on any atom is -0.448 e. The number of alkyl carbamates (subject to hydrolysis) is 1. The second kappa shape index (κ2) is 8.91. The van der Waals surface area contributed by atoms with Crippen LogP contribution in [-0.2, 0) is 24.1 Å². The lowest BCUT2D eigenvalue weighted by Crippen LogP contribution is -2.45. The number of halogens is 2. The Balaban J connectivity index is 1.68. The first-order chi connectivity index (χ1) is 13.7. The van der Waals surface area contributed by atoms with Crippen LogP contribution in [0.5, 0.6) is 0 Å². The molecule has 0 saturated carbocycles. The third kappa shape index (κ3) is 6.26. The molecule has 0 aliphatic carbocycles. The van der Waals surface area contributed by atoms with Crippen molar-refractivity contribution in [2.24, 2.45) is 0 Å². The van der Waals surface area contributed by atoms with Crippen molar-refractivity contribution in [3.8, 4) is 0 Å². The van der Waals surface area contributed by atoms with Gasteiger partial charge in [0.2, 0.25) is 0 Å². The third-order valence-corrected chi connectivity index (χ3v) is 4.99. The van der Waals surface area contributed by atoms with Gasteiger partial charge >= 0.3 is 6.09 Å². The Hall–Kier alpha value is -2.47. The van der Waals surface area contributed by atoms with Gasteiger partial charge in [-0.05, 0) is 74.6 Å². The molecule has 1 atom stereocenters. The third-order valence-electron chi connectivity index (χ3n) is 4.99. The SMILES string of the molecule is CC(C)(C)NC(=O)OCCN1Cc2ccc(F)cc2CC1Cc1ccc(F)cc1. The topological polar surface area (TPSA) is 41.6 Å². The Morgan fingerprint density at radius 2 is 1.79 bits per heavy atom. The molecular weight excluding hydrogens is 374 g/mol. The summed E-state index contributed by atoms with van der Waals surface area (Å²) in [4.78, 5) is 14.2. The van der Waals surface area contributed by atoms with Gasteiger partial charge in [0.05, 0.1) is 0 Å². The van der Waals surface area contributed by atoms with E-state index < -0.39 is 6.09 Å². The minimum absolute atomic E-state index is 0.115. The van der Waals surface area contributed by atoms with Gasteiger partial charge in [0.15, 0.2) is 0 Å². The van der Waals surface area contributed by atoms with Crippen molar-refractivity contribution < 1.29 is 18.3 Å². The molecule has 2 aromatic rings. The molecule has 156 valence electrons. The van der Waals surface area contributed by atoms with Gasteiger partial charge in [0.25, 0.3) is 0 Å². The van der Waals surface area contributed by atoms with Crippen LogP contribution in [-0.4, -0.2) is 35.7 Å². The highest BCUT2D eigenvalue weighted by atomic mass is 19.1. The molecule has 2 aromatic carbocycles. The van der Waals surface area contributed by atoms with Crippen molar-refractivity contribution in [1.82, 2.24) is 10.2 Å². The molecule has 0 spiro atoms. The summed E-state index contributed by atoms with van der Waals surface area (Å²) in [6.45, 7) is 7.18. The molecule has 29 heavy (non-hydrogen) atoms. The Morgan fingerprint density at radius 3 is 2.48 bits per heavy atom. The zero-order valence-corrected chi connectivity index (χ0v) is 17.2. The van der Waals surface area contributed by atoms with E-state index in [4.69, 9.17) is 4.74 Å². The first kappa shape index (κ1) is 21.2. The van der Waals surface area contributed by atoms with E-state index >= 15 is 0 Å². The predicted octanol–water partition coefficient (Wildman–Crippen LogP) is 4.46. The number of hydrogen-bond acceptors (Lipinski definition) is 3. The molecule has 0 fully saturated rings. The molecule has 0 radical (unpaired) electrons. The molecule has 1 heterocycles. The maximum absolute atomic E-state index is 13.7. The normalized spacial score (nSPS) is 16.9. The van der Waals surface area contributed by atoms with Gasteiger partial charge in [0.1, 0.15) is 18.2 Å². The molecule has 1 aliphatic heterocycles. The quantitative estimate of drug-likeness (QED) is 0.803. The van der Waals surface area contributed by atoms with Gasteiger partial charge in [-0.25, -0.2) is 13.6 Å². The van der Waals surface area contributed by atoms with E-state index in [1.165, 1.54) is 18.2 Å². The summed E-state index contributed by atoms with van der Waals surface area (Å²) in [5, 5.41) is 2.78. The number of benzene rings is 2. The summed E-state index contributed by atoms with van der Waals surface area (Å²) in [5.41, 5.74) is 2.75. The second-order valence-corrected chi connectivity index (χ2v) is 8.58. The lowest BCUT2D eigenvalue weighted by atomic mass is 9.90. The lowest BCUT2D eigenvalue weighted by molar-refractivity contribution is 0.0977. The molecule has 1 unspecified atom stereocenters. The van der Waals surface area contributed by atoms with Crippen LogP contribution in [0.4, 0.5) is 13.6 Å². The maximum Gasteiger partial charge on any atom is 0.407 e. The minimum atomic E-state index is -0.438. The van der Waals surface area contributed by atoms with E-state index in [0.29, 0.717) is 25.9 Å². The van der Waals surface area contributed by atoms with Gasteiger partial charge in [-0.1, -0.05) is 18.2 Å². The summed E-state index contributed by atoms with van der Waals surface area (Å²) >= 11 is 0. The zero-order chi connectivity index (χ0) is 21.0. The van der Waals surface area contributed by atoms with E-state index in [1.54, 1.807) is 18.2 Å². The number of nitrogens with zero attached hydrogens (tertiary/aromatic N) is 1. The van der Waals surface area contributed by atoms with E-state index in [1.807, 2.05) is 26.8 Å². The smallest absolute Gasteiger partial charge is 0.407 e. The zero-order valence-electron chi connectivity index (χ0n) is 17.2. The first-order valence-electron chi connectivity index (χ1n) is 9.90. The number of rotatable bonds is 5. The van der Waals surface area contributed by atoms with Gasteiger partial charge in [0, 0.05) is 24.7 Å². The van der Waals surface area contributed by atoms with E-state index in [9.17, 15) is 13.6 Å². The Kier molecular flexibility index (Phi) is 6.52. The second-order valence-electron chi connectivity index (χ2n) is 8.58. The summed E-state index contributed by atoms with van der Waals surface area (Å²) in [5.74, 6) is -0.500. The molecule has 1 N–H and O–H groups in total. The van der Waals surface area contributed by atoms with Gasteiger partial charge in [-0.3, -0.25) is 4.90 Å². The monoisotopic (exact) mass is 402 g/mol. The van der Waals surface area contributed by atoms with Crippen LogP contribution in [0.15, 0.2) is 42.5 Å². The van der Waals surface area contributed by atoms with Crippen LogP contribution in [0, 0.1) is 11.6 Å². The number of carbonyl (C=O) groups is 1. The maximum atomic E-state index is 13.7. The summed E-state index contributed by atoms with van der Waals surface area (Å²) in [7, 11) is 0. The van der Waals surface area contributed by atoms with Crippen LogP contribution < -0.4 is 5.32 Å². The molecule has 0 bridgehead atoms. The average molecular weight is 402 g/mol. The van der Waals surface area contributed by atoms with E-state index in [-0.39, 0.29) is 29.8 Å². The summed E-state index contributed by atoms with van der Waals surface area (Å²) < 4.78 is 32.3. The van der Waals surface area contributed by atoms with Crippen molar-refractivity contribution in [1.29, 1.82) is 0 Å². The van der Waals surface area contributed by atoms with E-state index in [0.717, 1.165) is 16.7 Å². The number of nitrogens with one attached hydrogen (secondary N) is 1. The Labute approximate surface area is 170 Å². The van der Waals surface area contributed by atoms with Gasteiger partial charge < -0.3 is 10.1 Å². The number of amides is 1. The Bertz CT molecular complexity index is 847. The van der Waals surface area contributed by atoms with Crippen LogP contribution in [0.1, 0.15) is 37.5 Å². The Morgan fingerprint density at radius 1 is 1.10 bits per heavy atom. The van der Waals surface area contributed by atoms with Crippen molar-refractivity contribution in [3.63, 3.8) is 0 Å². The van der Waals surface area contributed by atoms with Crippen LogP contribution in [0.2, 0.25) is 0 Å². The standard InChI is InChI=1S/C23H28F2N2O2/c1-23(2,3)26-22(28)29-11-10-27-15-17-6-9-20(25)13-18(17)14-21(27)12-16-4-7-19(24)8-5-16/h4-9,13,21H,10-12,14-15H2,1-3H3,(H,26,28). The molecule has 3 rings (SSSR count). The molecule has 1 amide bonds. The molecule has 0 saturated heterocycles. The average Bonchev–Trinajstić information content (AvgIpc) is 2.62. The summed E-state index contributed by atoms with van der Waals surface area (Å²) in [6, 6.07) is 11.5. The number of fused-ring (bicyclic) bond motifs is 1. The van der Waals surface area contributed by atoms with Gasteiger partial charge in [-0.15, -0.1) is 0 Å². The molecule has 4 nitrogen and oxygen atoms in total. The van der Waals surface area contributed by atoms with Crippen LogP contribution >= 0.6 is 0 Å². The predicted molar refractivity (Wildman–Crippen MR) is 109 cm³/mol. The number of ether oxygens (including phenoxy) is 1. The highest BCUT2D eigenvalue weighted by Gasteiger charge is 2.27. The number of carbonyl (C=O) groups excluding carboxylic acids is 1. The highest BCUT2D eigenvalue weighted by molar-refractivity contribution is 5.68. The van der Waals surface area contributed by atoms with Gasteiger partial charge in [-0.2, -0.15) is 0 Å². The fourth-order valence-corrected chi connectivity index (χ4v) is 3.62. The fraction of sp³-hybridized carbons (Fsp3) is 0.435. The van der Waals surface area contributed by atoms with Crippen molar-refractivity contribution in [2.45, 2.75) is 51.7 Å². The highest BCUT2D eigenvalue weighted by Crippen LogP contribution is 2.26. The number of hydrogen-bond donors (Lipinski definition) is 1. The molecule has 1 aliphatic rings. The first-order valence-corrected chi connectivity index (χ1v) is 9.90.